The summed E-state index contributed by atoms with van der Waals surface area (Å²) in [4.78, 5) is 31.2. The minimum Gasteiger partial charge on any atom is -0.343 e. The van der Waals surface area contributed by atoms with Crippen molar-refractivity contribution in [3.8, 4) is 6.07 Å². The van der Waals surface area contributed by atoms with E-state index < -0.39 is 0 Å². The number of nitriles is 1. The number of benzene rings is 1. The number of pyridine rings is 1. The van der Waals surface area contributed by atoms with E-state index in [1.54, 1.807) is 29.2 Å². The number of amides is 2. The fourth-order valence-electron chi connectivity index (χ4n) is 3.79. The van der Waals surface area contributed by atoms with Crippen molar-refractivity contribution in [3.05, 3.63) is 40.5 Å². The van der Waals surface area contributed by atoms with Crippen LogP contribution in [0.1, 0.15) is 28.9 Å². The van der Waals surface area contributed by atoms with Crippen LogP contribution in [-0.4, -0.2) is 40.3 Å². The van der Waals surface area contributed by atoms with Gasteiger partial charge in [-0.2, -0.15) is 5.26 Å². The van der Waals surface area contributed by atoms with Crippen LogP contribution >= 0.6 is 11.6 Å². The summed E-state index contributed by atoms with van der Waals surface area (Å²) >= 11 is 6.05. The van der Waals surface area contributed by atoms with Crippen molar-refractivity contribution in [2.45, 2.75) is 31.8 Å². The summed E-state index contributed by atoms with van der Waals surface area (Å²) < 4.78 is 0. The zero-order valence-corrected chi connectivity index (χ0v) is 15.0. The number of piperidine rings is 1. The van der Waals surface area contributed by atoms with E-state index in [-0.39, 0.29) is 30.4 Å². The summed E-state index contributed by atoms with van der Waals surface area (Å²) in [5, 5.41) is 13.1. The maximum atomic E-state index is 12.7. The quantitative estimate of drug-likeness (QED) is 0.901. The van der Waals surface area contributed by atoms with Crippen LogP contribution in [0.3, 0.4) is 0 Å². The number of nitrogens with zero attached hydrogens (tertiary/aromatic N) is 3. The van der Waals surface area contributed by atoms with E-state index in [4.69, 9.17) is 11.6 Å². The van der Waals surface area contributed by atoms with E-state index in [1.807, 2.05) is 6.92 Å². The lowest BCUT2D eigenvalue weighted by Gasteiger charge is -2.22. The predicted octanol–water partition coefficient (Wildman–Crippen LogP) is 2.44. The first-order valence-corrected chi connectivity index (χ1v) is 8.91. The lowest BCUT2D eigenvalue weighted by molar-refractivity contribution is -0.131. The zero-order chi connectivity index (χ0) is 18.4. The summed E-state index contributed by atoms with van der Waals surface area (Å²) in [5.74, 6) is -0.104. The molecule has 1 aliphatic heterocycles. The fraction of sp³-hybridized carbons (Fsp3) is 0.368. The van der Waals surface area contributed by atoms with E-state index in [0.717, 1.165) is 12.8 Å². The van der Waals surface area contributed by atoms with Crippen LogP contribution in [0.4, 0.5) is 0 Å². The molecule has 4 rings (SSSR count). The van der Waals surface area contributed by atoms with Crippen LogP contribution in [0.2, 0.25) is 5.02 Å². The van der Waals surface area contributed by atoms with Gasteiger partial charge in [0.1, 0.15) is 6.04 Å². The number of halogens is 1. The topological polar surface area (TPSA) is 86.1 Å². The first kappa shape index (κ1) is 16.8. The maximum absolute atomic E-state index is 12.7. The Bertz CT molecular complexity index is 968. The van der Waals surface area contributed by atoms with Gasteiger partial charge in [-0.1, -0.05) is 11.6 Å². The van der Waals surface area contributed by atoms with E-state index in [0.29, 0.717) is 33.1 Å². The van der Waals surface area contributed by atoms with Gasteiger partial charge in [-0.3, -0.25) is 14.6 Å². The second-order valence-electron chi connectivity index (χ2n) is 6.90. The zero-order valence-electron chi connectivity index (χ0n) is 14.2. The molecular weight excluding hydrogens is 352 g/mol. The Morgan fingerprint density at radius 1 is 1.38 bits per heavy atom. The first-order valence-electron chi connectivity index (χ1n) is 8.54. The van der Waals surface area contributed by atoms with Gasteiger partial charge in [0.15, 0.2) is 0 Å². The molecule has 2 amide bonds. The van der Waals surface area contributed by atoms with E-state index >= 15 is 0 Å². The van der Waals surface area contributed by atoms with Crippen molar-refractivity contribution in [1.29, 1.82) is 5.26 Å². The minimum atomic E-state index is -0.369. The van der Waals surface area contributed by atoms with Gasteiger partial charge < -0.3 is 10.2 Å². The highest BCUT2D eigenvalue weighted by atomic mass is 35.5. The SMILES string of the molecule is Cc1cc(C(=O)NCC(=O)N2[C@H](C#N)C[C@@H]3C[C@@H]32)c2cc(Cl)ccc2n1. The monoisotopic (exact) mass is 368 g/mol. The molecule has 1 saturated heterocycles. The van der Waals surface area contributed by atoms with Crippen LogP contribution in [0, 0.1) is 24.2 Å². The van der Waals surface area contributed by atoms with Crippen molar-refractivity contribution in [3.63, 3.8) is 0 Å². The second kappa shape index (κ2) is 6.26. The summed E-state index contributed by atoms with van der Waals surface area (Å²) in [6, 6.07) is 8.86. The molecule has 1 N–H and O–H groups in total. The predicted molar refractivity (Wildman–Crippen MR) is 96.6 cm³/mol. The number of aromatic nitrogens is 1. The Kier molecular flexibility index (Phi) is 4.04. The maximum Gasteiger partial charge on any atom is 0.252 e. The number of likely N-dealkylation sites (tertiary alicyclic amines) is 1. The number of carbonyl (C=O) groups excluding carboxylic acids is 2. The third-order valence-electron chi connectivity index (χ3n) is 5.08. The molecule has 1 saturated carbocycles. The third-order valence-corrected chi connectivity index (χ3v) is 5.32. The van der Waals surface area contributed by atoms with Crippen molar-refractivity contribution >= 4 is 34.3 Å². The van der Waals surface area contributed by atoms with Crippen LogP contribution in [0.15, 0.2) is 24.3 Å². The molecule has 0 bridgehead atoms. The van der Waals surface area contributed by atoms with Gasteiger partial charge in [-0.25, -0.2) is 0 Å². The molecule has 0 radical (unpaired) electrons. The molecule has 1 aromatic heterocycles. The molecule has 3 atom stereocenters. The normalized spacial score (nSPS) is 23.4. The molecule has 6 nitrogen and oxygen atoms in total. The average molecular weight is 369 g/mol. The summed E-state index contributed by atoms with van der Waals surface area (Å²) in [7, 11) is 0. The fourth-order valence-corrected chi connectivity index (χ4v) is 3.96. The minimum absolute atomic E-state index is 0.121. The molecule has 7 heteroatoms. The van der Waals surface area contributed by atoms with Gasteiger partial charge >= 0.3 is 0 Å². The highest BCUT2D eigenvalue weighted by Crippen LogP contribution is 2.47. The smallest absolute Gasteiger partial charge is 0.252 e. The van der Waals surface area contributed by atoms with Gasteiger partial charge in [0.05, 0.1) is 23.7 Å². The molecule has 2 fully saturated rings. The summed E-state index contributed by atoms with van der Waals surface area (Å²) in [5.41, 5.74) is 1.82. The Labute approximate surface area is 155 Å². The number of carbonyl (C=O) groups is 2. The summed E-state index contributed by atoms with van der Waals surface area (Å²) in [6.45, 7) is 1.69. The number of rotatable bonds is 3. The molecular formula is C19H17ClN4O2. The Hall–Kier alpha value is -2.65. The second-order valence-corrected chi connectivity index (χ2v) is 7.34. The molecule has 1 aliphatic carbocycles. The van der Waals surface area contributed by atoms with Gasteiger partial charge in [-0.15, -0.1) is 0 Å². The highest BCUT2D eigenvalue weighted by molar-refractivity contribution is 6.31. The van der Waals surface area contributed by atoms with Crippen LogP contribution in [-0.2, 0) is 4.79 Å². The largest absolute Gasteiger partial charge is 0.343 e. The third kappa shape index (κ3) is 2.89. The summed E-state index contributed by atoms with van der Waals surface area (Å²) in [6.07, 6.45) is 1.71. The number of aryl methyl sites for hydroxylation is 1. The number of fused-ring (bicyclic) bond motifs is 2. The molecule has 0 spiro atoms. The number of nitrogens with one attached hydrogen (secondary N) is 1. The van der Waals surface area contributed by atoms with Crippen LogP contribution in [0.25, 0.3) is 10.9 Å². The molecule has 2 aliphatic rings. The molecule has 2 aromatic rings. The molecule has 2 heterocycles. The van der Waals surface area contributed by atoms with Gasteiger partial charge in [-0.05, 0) is 49.9 Å². The van der Waals surface area contributed by atoms with Crippen molar-refractivity contribution in [1.82, 2.24) is 15.2 Å². The van der Waals surface area contributed by atoms with E-state index in [9.17, 15) is 14.9 Å². The van der Waals surface area contributed by atoms with Crippen molar-refractivity contribution < 1.29 is 9.59 Å². The molecule has 132 valence electrons. The Morgan fingerprint density at radius 3 is 2.96 bits per heavy atom. The molecule has 0 unspecified atom stereocenters. The lowest BCUT2D eigenvalue weighted by Crippen LogP contribution is -2.44. The Balaban J connectivity index is 1.52. The van der Waals surface area contributed by atoms with Gasteiger partial charge in [0, 0.05) is 22.1 Å². The van der Waals surface area contributed by atoms with E-state index in [2.05, 4.69) is 16.4 Å². The molecule has 26 heavy (non-hydrogen) atoms. The Morgan fingerprint density at radius 2 is 2.19 bits per heavy atom. The number of hydrogen-bond acceptors (Lipinski definition) is 4. The average Bonchev–Trinajstić information content (AvgIpc) is 3.28. The van der Waals surface area contributed by atoms with Crippen LogP contribution < -0.4 is 5.32 Å². The van der Waals surface area contributed by atoms with E-state index in [1.165, 1.54) is 0 Å². The standard InChI is InChI=1S/C19H17ClN4O2/c1-10-4-15(14-7-12(20)2-3-16(14)23-10)19(26)22-9-18(25)24-13(8-21)5-11-6-17(11)24/h2-4,7,11,13,17H,5-6,9H2,1H3,(H,22,26)/t11-,13+,17+/m1/s1. The van der Waals surface area contributed by atoms with Crippen molar-refractivity contribution in [2.75, 3.05) is 6.54 Å². The highest BCUT2D eigenvalue weighted by Gasteiger charge is 2.53. The van der Waals surface area contributed by atoms with Gasteiger partial charge in [0.25, 0.3) is 5.91 Å². The number of hydrogen-bond donors (Lipinski definition) is 1. The molecule has 1 aromatic carbocycles. The van der Waals surface area contributed by atoms with Crippen molar-refractivity contribution in [2.24, 2.45) is 5.92 Å². The van der Waals surface area contributed by atoms with Crippen LogP contribution in [0.5, 0.6) is 0 Å². The van der Waals surface area contributed by atoms with Gasteiger partial charge in [0.2, 0.25) is 5.91 Å². The first-order chi connectivity index (χ1) is 12.5. The lowest BCUT2D eigenvalue weighted by atomic mass is 10.1.